The Labute approximate surface area is 169 Å². The maximum Gasteiger partial charge on any atom is 0.228 e. The topological polar surface area (TPSA) is 59.6 Å². The molecule has 0 heterocycles. The first-order valence-corrected chi connectivity index (χ1v) is 9.27. The molecule has 150 valence electrons. The number of hydrogen-bond acceptors (Lipinski definition) is 4. The molecule has 0 aliphatic heterocycles. The summed E-state index contributed by atoms with van der Waals surface area (Å²) in [5.74, 6) is 1.04. The van der Waals surface area contributed by atoms with Crippen LogP contribution in [0.2, 0.25) is 0 Å². The summed E-state index contributed by atoms with van der Waals surface area (Å²) in [6, 6.07) is 20.9. The lowest BCUT2D eigenvalue weighted by Crippen LogP contribution is -2.14. The van der Waals surface area contributed by atoms with Crippen LogP contribution in [0.15, 0.2) is 72.8 Å². The molecule has 3 rings (SSSR count). The van der Waals surface area contributed by atoms with Gasteiger partial charge in [0.15, 0.2) is 0 Å². The summed E-state index contributed by atoms with van der Waals surface area (Å²) in [5.41, 5.74) is 2.25. The molecule has 0 spiro atoms. The highest BCUT2D eigenvalue weighted by atomic mass is 19.1. The van der Waals surface area contributed by atoms with Gasteiger partial charge in [-0.2, -0.15) is 0 Å². The summed E-state index contributed by atoms with van der Waals surface area (Å²) in [7, 11) is 1.63. The van der Waals surface area contributed by atoms with E-state index in [0.717, 1.165) is 17.2 Å². The summed E-state index contributed by atoms with van der Waals surface area (Å²) < 4.78 is 24.0. The first-order valence-electron chi connectivity index (χ1n) is 9.27. The van der Waals surface area contributed by atoms with E-state index in [2.05, 4.69) is 10.6 Å². The van der Waals surface area contributed by atoms with Gasteiger partial charge in [-0.05, 0) is 66.2 Å². The van der Waals surface area contributed by atoms with Gasteiger partial charge in [0.05, 0.1) is 13.5 Å². The van der Waals surface area contributed by atoms with Gasteiger partial charge < -0.3 is 20.1 Å². The van der Waals surface area contributed by atoms with Gasteiger partial charge in [-0.3, -0.25) is 4.79 Å². The third-order valence-corrected chi connectivity index (χ3v) is 4.18. The van der Waals surface area contributed by atoms with Gasteiger partial charge >= 0.3 is 0 Å². The zero-order valence-electron chi connectivity index (χ0n) is 16.2. The minimum absolute atomic E-state index is 0.125. The Morgan fingerprint density at radius 3 is 2.31 bits per heavy atom. The van der Waals surface area contributed by atoms with Gasteiger partial charge in [0.25, 0.3) is 0 Å². The number of nitrogens with one attached hydrogen (secondary N) is 2. The Morgan fingerprint density at radius 2 is 1.62 bits per heavy atom. The lowest BCUT2D eigenvalue weighted by atomic mass is 10.1. The quantitative estimate of drug-likeness (QED) is 0.525. The molecule has 0 bridgehead atoms. The number of rotatable bonds is 9. The predicted molar refractivity (Wildman–Crippen MR) is 112 cm³/mol. The van der Waals surface area contributed by atoms with Gasteiger partial charge in [-0.15, -0.1) is 0 Å². The van der Waals surface area contributed by atoms with Crippen molar-refractivity contribution < 1.29 is 18.7 Å². The van der Waals surface area contributed by atoms with Gasteiger partial charge in [-0.25, -0.2) is 4.39 Å². The van der Waals surface area contributed by atoms with E-state index >= 15 is 0 Å². The average molecular weight is 394 g/mol. The smallest absolute Gasteiger partial charge is 0.228 e. The number of amides is 1. The van der Waals surface area contributed by atoms with Crippen molar-refractivity contribution in [1.82, 2.24) is 0 Å². The van der Waals surface area contributed by atoms with Crippen molar-refractivity contribution in [1.29, 1.82) is 0 Å². The van der Waals surface area contributed by atoms with Crippen LogP contribution in [0.5, 0.6) is 11.5 Å². The van der Waals surface area contributed by atoms with Gasteiger partial charge in [0.1, 0.15) is 23.9 Å². The van der Waals surface area contributed by atoms with Crippen LogP contribution in [0.25, 0.3) is 0 Å². The molecule has 29 heavy (non-hydrogen) atoms. The lowest BCUT2D eigenvalue weighted by molar-refractivity contribution is -0.115. The van der Waals surface area contributed by atoms with Crippen LogP contribution < -0.4 is 20.1 Å². The minimum atomic E-state index is -0.346. The number of methoxy groups -OCH3 is 1. The van der Waals surface area contributed by atoms with Crippen LogP contribution in [0.4, 0.5) is 15.8 Å². The summed E-state index contributed by atoms with van der Waals surface area (Å²) in [6.45, 7) is 1.15. The zero-order chi connectivity index (χ0) is 20.5. The average Bonchev–Trinajstić information content (AvgIpc) is 2.73. The SMILES string of the molecule is COc1ccc(OCCNc2ccc(NC(=O)Cc3cccc(F)c3)cc2)cc1. The Balaban J connectivity index is 1.40. The van der Waals surface area contributed by atoms with Gasteiger partial charge in [-0.1, -0.05) is 12.1 Å². The normalized spacial score (nSPS) is 10.3. The summed E-state index contributed by atoms with van der Waals surface area (Å²) in [6.07, 6.45) is 0.125. The van der Waals surface area contributed by atoms with E-state index in [1.807, 2.05) is 48.5 Å². The molecule has 0 unspecified atom stereocenters. The molecule has 0 saturated heterocycles. The molecule has 0 atom stereocenters. The third kappa shape index (κ3) is 6.53. The van der Waals surface area contributed by atoms with Crippen molar-refractivity contribution in [3.8, 4) is 11.5 Å². The fraction of sp³-hybridized carbons (Fsp3) is 0.174. The number of anilines is 2. The standard InChI is InChI=1S/C23H23FN2O3/c1-28-21-9-11-22(12-10-21)29-14-13-25-19-5-7-20(8-6-19)26-23(27)16-17-3-2-4-18(24)15-17/h2-12,15,25H,13-14,16H2,1H3,(H,26,27). The van der Waals surface area contributed by atoms with E-state index in [1.165, 1.54) is 12.1 Å². The third-order valence-electron chi connectivity index (χ3n) is 4.18. The molecule has 1 amide bonds. The fourth-order valence-electron chi connectivity index (χ4n) is 2.75. The largest absolute Gasteiger partial charge is 0.497 e. The highest BCUT2D eigenvalue weighted by molar-refractivity contribution is 5.92. The molecule has 0 fully saturated rings. The highest BCUT2D eigenvalue weighted by Gasteiger charge is 2.05. The first kappa shape index (κ1) is 20.2. The molecular formula is C23H23FN2O3. The van der Waals surface area contributed by atoms with Crippen LogP contribution in [0.3, 0.4) is 0 Å². The van der Waals surface area contributed by atoms with Gasteiger partial charge in [0, 0.05) is 17.9 Å². The fourth-order valence-corrected chi connectivity index (χ4v) is 2.75. The van der Waals surface area contributed by atoms with Gasteiger partial charge in [0.2, 0.25) is 5.91 Å². The number of hydrogen-bond donors (Lipinski definition) is 2. The van der Waals surface area contributed by atoms with Crippen molar-refractivity contribution in [2.24, 2.45) is 0 Å². The number of benzene rings is 3. The van der Waals surface area contributed by atoms with E-state index in [4.69, 9.17) is 9.47 Å². The minimum Gasteiger partial charge on any atom is -0.497 e. The number of carbonyl (C=O) groups excluding carboxylic acids is 1. The summed E-state index contributed by atoms with van der Waals surface area (Å²) >= 11 is 0. The van der Waals surface area contributed by atoms with Crippen LogP contribution in [0, 0.1) is 5.82 Å². The van der Waals surface area contributed by atoms with Crippen molar-refractivity contribution in [3.05, 3.63) is 84.2 Å². The Morgan fingerprint density at radius 1 is 0.931 bits per heavy atom. The number of carbonyl (C=O) groups is 1. The second kappa shape index (κ2) is 10.1. The molecule has 0 radical (unpaired) electrons. The second-order valence-corrected chi connectivity index (χ2v) is 6.38. The van der Waals surface area contributed by atoms with E-state index in [1.54, 1.807) is 19.2 Å². The van der Waals surface area contributed by atoms with Crippen molar-refractivity contribution in [2.45, 2.75) is 6.42 Å². The molecular weight excluding hydrogens is 371 g/mol. The maximum absolute atomic E-state index is 13.2. The van der Waals surface area contributed by atoms with Crippen LogP contribution in [-0.2, 0) is 11.2 Å². The van der Waals surface area contributed by atoms with Crippen molar-refractivity contribution in [2.75, 3.05) is 30.9 Å². The molecule has 2 N–H and O–H groups in total. The van der Waals surface area contributed by atoms with E-state index in [9.17, 15) is 9.18 Å². The van der Waals surface area contributed by atoms with Crippen LogP contribution >= 0.6 is 0 Å². The van der Waals surface area contributed by atoms with E-state index in [0.29, 0.717) is 24.4 Å². The summed E-state index contributed by atoms with van der Waals surface area (Å²) in [4.78, 5) is 12.1. The number of halogens is 1. The van der Waals surface area contributed by atoms with E-state index < -0.39 is 0 Å². The Bertz CT molecular complexity index is 928. The maximum atomic E-state index is 13.2. The van der Waals surface area contributed by atoms with E-state index in [-0.39, 0.29) is 18.1 Å². The van der Waals surface area contributed by atoms with Crippen molar-refractivity contribution >= 4 is 17.3 Å². The van der Waals surface area contributed by atoms with Crippen LogP contribution in [-0.4, -0.2) is 26.2 Å². The Hall–Kier alpha value is -3.54. The molecule has 3 aromatic rings. The van der Waals surface area contributed by atoms with Crippen molar-refractivity contribution in [3.63, 3.8) is 0 Å². The number of ether oxygens (including phenoxy) is 2. The molecule has 0 aromatic heterocycles. The molecule has 0 saturated carbocycles. The zero-order valence-corrected chi connectivity index (χ0v) is 16.2. The first-order chi connectivity index (χ1) is 14.1. The lowest BCUT2D eigenvalue weighted by Gasteiger charge is -2.10. The molecule has 6 heteroatoms. The second-order valence-electron chi connectivity index (χ2n) is 6.38. The predicted octanol–water partition coefficient (Wildman–Crippen LogP) is 4.51. The summed E-state index contributed by atoms with van der Waals surface area (Å²) in [5, 5.41) is 6.07. The molecule has 3 aromatic carbocycles. The molecule has 0 aliphatic rings. The highest BCUT2D eigenvalue weighted by Crippen LogP contribution is 2.17. The molecule has 0 aliphatic carbocycles. The monoisotopic (exact) mass is 394 g/mol. The van der Waals surface area contributed by atoms with Crippen LogP contribution in [0.1, 0.15) is 5.56 Å². The molecule has 5 nitrogen and oxygen atoms in total. The Kier molecular flexibility index (Phi) is 7.05.